The molecule has 0 amide bonds. The van der Waals surface area contributed by atoms with Crippen molar-refractivity contribution >= 4 is 16.6 Å². The third-order valence-electron chi connectivity index (χ3n) is 2.73. The smallest absolute Gasteiger partial charge is 0.252 e. The van der Waals surface area contributed by atoms with Gasteiger partial charge in [-0.1, -0.05) is 0 Å². The summed E-state index contributed by atoms with van der Waals surface area (Å²) in [5.41, 5.74) is 1.56. The maximum Gasteiger partial charge on any atom is 0.416 e. The Labute approximate surface area is 99.9 Å². The quantitative estimate of drug-likeness (QED) is 0.614. The summed E-state index contributed by atoms with van der Waals surface area (Å²) >= 11 is 0. The normalized spacial score (nSPS) is 12.4. The first-order valence-corrected chi connectivity index (χ1v) is 5.27. The summed E-state index contributed by atoms with van der Waals surface area (Å²) in [5.74, 6) is 0. The lowest BCUT2D eigenvalue weighted by Crippen LogP contribution is -2.05. The molecule has 3 rings (SSSR count). The summed E-state index contributed by atoms with van der Waals surface area (Å²) in [5, 5.41) is 4.17. The molecule has 3 nitrogen and oxygen atoms in total. The predicted molar refractivity (Wildman–Crippen MR) is 60.2 cm³/mol. The fourth-order valence-electron chi connectivity index (χ4n) is 1.92. The van der Waals surface area contributed by atoms with Gasteiger partial charge >= 0.3 is 6.18 Å². The van der Waals surface area contributed by atoms with Crippen molar-refractivity contribution in [2.45, 2.75) is 13.1 Å². The van der Waals surface area contributed by atoms with E-state index in [4.69, 9.17) is 0 Å². The molecule has 6 heteroatoms. The summed E-state index contributed by atoms with van der Waals surface area (Å²) in [6.07, 6.45) is -2.77. The molecule has 0 saturated heterocycles. The van der Waals surface area contributed by atoms with Crippen LogP contribution in [0.1, 0.15) is 11.3 Å². The zero-order valence-electron chi connectivity index (χ0n) is 9.36. The number of rotatable bonds is 0. The second kappa shape index (κ2) is 3.44. The molecule has 0 aliphatic carbocycles. The van der Waals surface area contributed by atoms with Crippen LogP contribution in [0.5, 0.6) is 0 Å². The van der Waals surface area contributed by atoms with Gasteiger partial charge in [0.1, 0.15) is 0 Å². The van der Waals surface area contributed by atoms with E-state index in [9.17, 15) is 13.2 Å². The van der Waals surface area contributed by atoms with Crippen LogP contribution in [0.4, 0.5) is 13.2 Å². The Morgan fingerprint density at radius 2 is 1.94 bits per heavy atom. The fraction of sp³-hybridized carbons (Fsp3) is 0.167. The standard InChI is InChI=1S/C12H8F3N3/c1-7-4-9-6-16-10-3-2-8(12(13,14)15)5-11(10)18(9)17-7/h2-6H,1H3. The van der Waals surface area contributed by atoms with E-state index in [0.29, 0.717) is 16.6 Å². The topological polar surface area (TPSA) is 30.2 Å². The van der Waals surface area contributed by atoms with Crippen molar-refractivity contribution in [3.8, 4) is 0 Å². The average Bonchev–Trinajstić information content (AvgIpc) is 2.68. The zero-order chi connectivity index (χ0) is 12.9. The highest BCUT2D eigenvalue weighted by Crippen LogP contribution is 2.31. The highest BCUT2D eigenvalue weighted by molar-refractivity contribution is 5.78. The molecule has 0 saturated carbocycles. The van der Waals surface area contributed by atoms with E-state index in [1.54, 1.807) is 19.2 Å². The average molecular weight is 251 g/mol. The molecule has 0 bridgehead atoms. The Morgan fingerprint density at radius 1 is 1.17 bits per heavy atom. The number of alkyl halides is 3. The lowest BCUT2D eigenvalue weighted by atomic mass is 10.2. The lowest BCUT2D eigenvalue weighted by Gasteiger charge is -2.08. The van der Waals surface area contributed by atoms with Gasteiger partial charge in [-0.25, -0.2) is 4.52 Å². The minimum Gasteiger partial charge on any atom is -0.252 e. The summed E-state index contributed by atoms with van der Waals surface area (Å²) < 4.78 is 39.5. The van der Waals surface area contributed by atoms with E-state index in [1.807, 2.05) is 0 Å². The van der Waals surface area contributed by atoms with Crippen LogP contribution in [-0.4, -0.2) is 14.6 Å². The van der Waals surface area contributed by atoms with Gasteiger partial charge < -0.3 is 0 Å². The van der Waals surface area contributed by atoms with Crippen molar-refractivity contribution in [1.82, 2.24) is 14.6 Å². The molecule has 18 heavy (non-hydrogen) atoms. The van der Waals surface area contributed by atoms with Crippen LogP contribution in [-0.2, 0) is 6.18 Å². The Kier molecular flexibility index (Phi) is 2.10. The third kappa shape index (κ3) is 1.61. The van der Waals surface area contributed by atoms with Crippen LogP contribution < -0.4 is 0 Å². The lowest BCUT2D eigenvalue weighted by molar-refractivity contribution is -0.137. The van der Waals surface area contributed by atoms with E-state index >= 15 is 0 Å². The number of hydrogen-bond donors (Lipinski definition) is 0. The van der Waals surface area contributed by atoms with Crippen molar-refractivity contribution in [3.05, 3.63) is 41.7 Å². The number of halogens is 3. The number of fused-ring (bicyclic) bond motifs is 3. The minimum absolute atomic E-state index is 0.357. The minimum atomic E-state index is -4.36. The highest BCUT2D eigenvalue weighted by Gasteiger charge is 2.30. The Hall–Kier alpha value is -2.11. The van der Waals surface area contributed by atoms with Crippen molar-refractivity contribution in [2.75, 3.05) is 0 Å². The van der Waals surface area contributed by atoms with Crippen LogP contribution in [0.3, 0.4) is 0 Å². The monoisotopic (exact) mass is 251 g/mol. The number of nitrogens with zero attached hydrogens (tertiary/aromatic N) is 3. The first kappa shape index (κ1) is 11.0. The Morgan fingerprint density at radius 3 is 2.67 bits per heavy atom. The molecule has 0 spiro atoms. The molecule has 1 aromatic carbocycles. The van der Waals surface area contributed by atoms with Gasteiger partial charge in [0, 0.05) is 0 Å². The van der Waals surface area contributed by atoms with Crippen LogP contribution in [0.15, 0.2) is 30.5 Å². The summed E-state index contributed by atoms with van der Waals surface area (Å²) in [7, 11) is 0. The van der Waals surface area contributed by atoms with Gasteiger partial charge in [0.25, 0.3) is 0 Å². The highest BCUT2D eigenvalue weighted by atomic mass is 19.4. The van der Waals surface area contributed by atoms with Gasteiger partial charge in [-0.2, -0.15) is 18.3 Å². The summed E-state index contributed by atoms with van der Waals surface area (Å²) in [6.45, 7) is 1.78. The molecule has 2 aromatic heterocycles. The Bertz CT molecular complexity index is 743. The van der Waals surface area contributed by atoms with Crippen molar-refractivity contribution in [2.24, 2.45) is 0 Å². The molecular formula is C12H8F3N3. The van der Waals surface area contributed by atoms with Crippen LogP contribution in [0.2, 0.25) is 0 Å². The molecule has 0 radical (unpaired) electrons. The zero-order valence-corrected chi connectivity index (χ0v) is 9.36. The molecule has 0 aliphatic heterocycles. The molecule has 0 N–H and O–H groups in total. The maximum atomic E-state index is 12.7. The van der Waals surface area contributed by atoms with E-state index in [1.165, 1.54) is 10.6 Å². The van der Waals surface area contributed by atoms with Crippen molar-refractivity contribution in [3.63, 3.8) is 0 Å². The van der Waals surface area contributed by atoms with Gasteiger partial charge in [0.15, 0.2) is 0 Å². The first-order chi connectivity index (χ1) is 8.45. The molecule has 0 unspecified atom stereocenters. The Balaban J connectivity index is 2.40. The second-order valence-corrected chi connectivity index (χ2v) is 4.08. The van der Waals surface area contributed by atoms with Crippen LogP contribution in [0.25, 0.3) is 16.6 Å². The SMILES string of the molecule is Cc1cc2cnc3ccc(C(F)(F)F)cc3n2n1. The predicted octanol–water partition coefficient (Wildman–Crippen LogP) is 3.21. The van der Waals surface area contributed by atoms with E-state index in [-0.39, 0.29) is 0 Å². The largest absolute Gasteiger partial charge is 0.416 e. The number of aromatic nitrogens is 3. The number of hydrogen-bond acceptors (Lipinski definition) is 2. The number of aryl methyl sites for hydroxylation is 1. The molecule has 0 aliphatic rings. The van der Waals surface area contributed by atoms with Gasteiger partial charge in [-0.05, 0) is 31.2 Å². The van der Waals surface area contributed by atoms with Crippen molar-refractivity contribution < 1.29 is 13.2 Å². The van der Waals surface area contributed by atoms with Crippen LogP contribution >= 0.6 is 0 Å². The molecule has 92 valence electrons. The van der Waals surface area contributed by atoms with Gasteiger partial charge in [0.05, 0.1) is 34.0 Å². The fourth-order valence-corrected chi connectivity index (χ4v) is 1.92. The summed E-state index contributed by atoms with van der Waals surface area (Å²) in [6, 6.07) is 5.22. The maximum absolute atomic E-state index is 12.7. The molecule has 2 heterocycles. The second-order valence-electron chi connectivity index (χ2n) is 4.08. The molecule has 0 atom stereocenters. The van der Waals surface area contributed by atoms with Gasteiger partial charge in [-0.3, -0.25) is 4.98 Å². The summed E-state index contributed by atoms with van der Waals surface area (Å²) in [4.78, 5) is 4.12. The molecule has 3 aromatic rings. The molecule has 0 fully saturated rings. The third-order valence-corrected chi connectivity index (χ3v) is 2.73. The van der Waals surface area contributed by atoms with E-state index < -0.39 is 11.7 Å². The molecular weight excluding hydrogens is 243 g/mol. The number of benzene rings is 1. The van der Waals surface area contributed by atoms with E-state index in [0.717, 1.165) is 17.8 Å². The van der Waals surface area contributed by atoms with Crippen molar-refractivity contribution in [1.29, 1.82) is 0 Å². The van der Waals surface area contributed by atoms with Crippen LogP contribution in [0, 0.1) is 6.92 Å². The van der Waals surface area contributed by atoms with E-state index in [2.05, 4.69) is 10.1 Å². The first-order valence-electron chi connectivity index (χ1n) is 5.27. The van der Waals surface area contributed by atoms with Gasteiger partial charge in [0.2, 0.25) is 0 Å². The van der Waals surface area contributed by atoms with Gasteiger partial charge in [-0.15, -0.1) is 0 Å².